The van der Waals surface area contributed by atoms with E-state index in [9.17, 15) is 9.59 Å². The number of nitrogens with zero attached hydrogens (tertiary/aromatic N) is 4. The van der Waals surface area contributed by atoms with Crippen molar-refractivity contribution in [3.8, 4) is 11.6 Å². The zero-order valence-electron chi connectivity index (χ0n) is 16.0. The van der Waals surface area contributed by atoms with Crippen molar-refractivity contribution < 1.29 is 9.53 Å². The normalized spacial score (nSPS) is 10.8. The summed E-state index contributed by atoms with van der Waals surface area (Å²) in [5.41, 5.74) is 2.58. The van der Waals surface area contributed by atoms with E-state index < -0.39 is 5.69 Å². The molecule has 0 saturated heterocycles. The van der Waals surface area contributed by atoms with Gasteiger partial charge in [0.1, 0.15) is 12.3 Å². The van der Waals surface area contributed by atoms with Gasteiger partial charge in [0.2, 0.25) is 11.6 Å². The van der Waals surface area contributed by atoms with Gasteiger partial charge in [-0.2, -0.15) is 0 Å². The summed E-state index contributed by atoms with van der Waals surface area (Å²) in [4.78, 5) is 29.2. The van der Waals surface area contributed by atoms with Crippen LogP contribution in [0.3, 0.4) is 0 Å². The van der Waals surface area contributed by atoms with E-state index in [4.69, 9.17) is 4.74 Å². The molecule has 2 aromatic carbocycles. The number of ether oxygens (including phenoxy) is 1. The average Bonchev–Trinajstić information content (AvgIpc) is 3.00. The number of hydrogen-bond donors (Lipinski definition) is 1. The maximum absolute atomic E-state index is 12.6. The summed E-state index contributed by atoms with van der Waals surface area (Å²) in [6.45, 7) is 3.69. The van der Waals surface area contributed by atoms with E-state index in [1.54, 1.807) is 6.07 Å². The maximum Gasteiger partial charge on any atom is 0.351 e. The number of carbonyl (C=O) groups excluding carboxylic acids is 1. The van der Waals surface area contributed by atoms with Gasteiger partial charge in [0.05, 0.1) is 0 Å². The van der Waals surface area contributed by atoms with Crippen LogP contribution in [0.4, 0.5) is 5.69 Å². The highest BCUT2D eigenvalue weighted by Crippen LogP contribution is 2.22. The molecular formula is C21H19N5O3. The average molecular weight is 389 g/mol. The fourth-order valence-electron chi connectivity index (χ4n) is 2.88. The summed E-state index contributed by atoms with van der Waals surface area (Å²) >= 11 is 0. The minimum atomic E-state index is -0.449. The molecule has 4 aromatic rings. The Morgan fingerprint density at radius 2 is 1.90 bits per heavy atom. The van der Waals surface area contributed by atoms with Gasteiger partial charge in [-0.05, 0) is 43.7 Å². The van der Waals surface area contributed by atoms with Crippen molar-refractivity contribution in [1.29, 1.82) is 0 Å². The summed E-state index contributed by atoms with van der Waals surface area (Å²) in [7, 11) is 0. The summed E-state index contributed by atoms with van der Waals surface area (Å²) in [5, 5.41) is 7.01. The minimum absolute atomic E-state index is 0.186. The first-order valence-electron chi connectivity index (χ1n) is 9.05. The predicted molar refractivity (Wildman–Crippen MR) is 108 cm³/mol. The van der Waals surface area contributed by atoms with Gasteiger partial charge in [-0.3, -0.25) is 4.79 Å². The molecule has 8 heteroatoms. The van der Waals surface area contributed by atoms with E-state index in [1.165, 1.54) is 16.8 Å². The number of rotatable bonds is 5. The molecule has 1 N–H and O–H groups in total. The molecule has 29 heavy (non-hydrogen) atoms. The van der Waals surface area contributed by atoms with Crippen LogP contribution in [0.25, 0.3) is 5.65 Å². The van der Waals surface area contributed by atoms with Gasteiger partial charge in [0.15, 0.2) is 0 Å². The molecule has 4 rings (SSSR count). The Morgan fingerprint density at radius 3 is 2.66 bits per heavy atom. The van der Waals surface area contributed by atoms with Crippen molar-refractivity contribution in [3.05, 3.63) is 82.5 Å². The zero-order chi connectivity index (χ0) is 20.4. The molecule has 0 saturated carbocycles. The van der Waals surface area contributed by atoms with Crippen LogP contribution >= 0.6 is 0 Å². The lowest BCUT2D eigenvalue weighted by Gasteiger charge is -2.05. The SMILES string of the molecule is Cc1ccc(Oc2nccn3c(=O)n(CC(=O)Nc4cccc(C)c4)nc23)cc1. The van der Waals surface area contributed by atoms with E-state index in [2.05, 4.69) is 15.4 Å². The van der Waals surface area contributed by atoms with Crippen molar-refractivity contribution in [2.45, 2.75) is 20.4 Å². The number of aryl methyl sites for hydroxylation is 2. The molecular weight excluding hydrogens is 370 g/mol. The molecule has 0 aliphatic rings. The highest BCUT2D eigenvalue weighted by molar-refractivity contribution is 5.90. The van der Waals surface area contributed by atoms with E-state index in [1.807, 2.05) is 56.3 Å². The van der Waals surface area contributed by atoms with Crippen molar-refractivity contribution in [3.63, 3.8) is 0 Å². The second-order valence-electron chi connectivity index (χ2n) is 6.70. The Labute approximate surface area is 166 Å². The topological polar surface area (TPSA) is 90.5 Å². The third-order valence-corrected chi connectivity index (χ3v) is 4.30. The number of amides is 1. The zero-order valence-corrected chi connectivity index (χ0v) is 16.0. The fraction of sp³-hybridized carbons (Fsp3) is 0.143. The third kappa shape index (κ3) is 4.01. The lowest BCUT2D eigenvalue weighted by Crippen LogP contribution is -2.28. The minimum Gasteiger partial charge on any atom is -0.436 e. The first-order valence-corrected chi connectivity index (χ1v) is 9.05. The quantitative estimate of drug-likeness (QED) is 0.567. The number of hydrogen-bond acceptors (Lipinski definition) is 5. The molecule has 2 heterocycles. The van der Waals surface area contributed by atoms with Crippen LogP contribution in [0.2, 0.25) is 0 Å². The van der Waals surface area contributed by atoms with Crippen molar-refractivity contribution in [1.82, 2.24) is 19.2 Å². The Morgan fingerprint density at radius 1 is 1.10 bits per heavy atom. The third-order valence-electron chi connectivity index (χ3n) is 4.30. The summed E-state index contributed by atoms with van der Waals surface area (Å²) in [6, 6.07) is 14.9. The standard InChI is InChI=1S/C21H19N5O3/c1-14-6-8-17(9-7-14)29-20-19-24-26(21(28)25(19)11-10-22-20)13-18(27)23-16-5-3-4-15(2)12-16/h3-12H,13H2,1-2H3,(H,23,27). The van der Waals surface area contributed by atoms with Crippen molar-refractivity contribution in [2.75, 3.05) is 5.32 Å². The Balaban J connectivity index is 1.59. The second-order valence-corrected chi connectivity index (χ2v) is 6.70. The van der Waals surface area contributed by atoms with E-state index in [-0.39, 0.29) is 24.0 Å². The monoisotopic (exact) mass is 389 g/mol. The maximum atomic E-state index is 12.6. The first kappa shape index (κ1) is 18.4. The van der Waals surface area contributed by atoms with Crippen LogP contribution in [-0.4, -0.2) is 25.1 Å². The molecule has 0 fully saturated rings. The van der Waals surface area contributed by atoms with E-state index in [0.717, 1.165) is 15.8 Å². The van der Waals surface area contributed by atoms with Crippen molar-refractivity contribution >= 4 is 17.2 Å². The lowest BCUT2D eigenvalue weighted by atomic mass is 10.2. The van der Waals surface area contributed by atoms with Gasteiger partial charge in [-0.1, -0.05) is 29.8 Å². The highest BCUT2D eigenvalue weighted by Gasteiger charge is 2.15. The molecule has 0 spiro atoms. The van der Waals surface area contributed by atoms with Crippen LogP contribution in [0.1, 0.15) is 11.1 Å². The number of nitrogens with one attached hydrogen (secondary N) is 1. The molecule has 0 aliphatic heterocycles. The molecule has 8 nitrogen and oxygen atoms in total. The van der Waals surface area contributed by atoms with Gasteiger partial charge >= 0.3 is 5.69 Å². The number of anilines is 1. The van der Waals surface area contributed by atoms with E-state index in [0.29, 0.717) is 11.4 Å². The second kappa shape index (κ2) is 7.59. The molecule has 0 aliphatic carbocycles. The number of benzene rings is 2. The van der Waals surface area contributed by atoms with Gasteiger partial charge in [-0.15, -0.1) is 5.10 Å². The Kier molecular flexibility index (Phi) is 4.82. The van der Waals surface area contributed by atoms with Crippen LogP contribution < -0.4 is 15.7 Å². The number of carbonyl (C=O) groups is 1. The fourth-order valence-corrected chi connectivity index (χ4v) is 2.88. The van der Waals surface area contributed by atoms with Gasteiger partial charge in [0.25, 0.3) is 5.88 Å². The van der Waals surface area contributed by atoms with Gasteiger partial charge in [0, 0.05) is 18.1 Å². The number of aromatic nitrogens is 4. The molecule has 2 aromatic heterocycles. The van der Waals surface area contributed by atoms with Gasteiger partial charge < -0.3 is 10.1 Å². The molecule has 0 atom stereocenters. The molecule has 0 bridgehead atoms. The van der Waals surface area contributed by atoms with Crippen LogP contribution in [0.15, 0.2) is 65.7 Å². The van der Waals surface area contributed by atoms with E-state index >= 15 is 0 Å². The molecule has 1 amide bonds. The van der Waals surface area contributed by atoms with Crippen LogP contribution in [0.5, 0.6) is 11.6 Å². The van der Waals surface area contributed by atoms with Crippen molar-refractivity contribution in [2.24, 2.45) is 0 Å². The van der Waals surface area contributed by atoms with Crippen LogP contribution in [0, 0.1) is 13.8 Å². The summed E-state index contributed by atoms with van der Waals surface area (Å²) < 4.78 is 8.17. The first-order chi connectivity index (χ1) is 14.0. The smallest absolute Gasteiger partial charge is 0.351 e. The Hall–Kier alpha value is -3.94. The Bertz CT molecular complexity index is 1240. The molecule has 0 radical (unpaired) electrons. The largest absolute Gasteiger partial charge is 0.436 e. The van der Waals surface area contributed by atoms with Crippen LogP contribution in [-0.2, 0) is 11.3 Å². The molecule has 0 unspecified atom stereocenters. The predicted octanol–water partition coefficient (Wildman–Crippen LogP) is 2.94. The molecule has 146 valence electrons. The lowest BCUT2D eigenvalue weighted by molar-refractivity contribution is -0.117. The van der Waals surface area contributed by atoms with Gasteiger partial charge in [-0.25, -0.2) is 18.9 Å². The number of fused-ring (bicyclic) bond motifs is 1. The highest BCUT2D eigenvalue weighted by atomic mass is 16.5. The summed E-state index contributed by atoms with van der Waals surface area (Å²) in [5.74, 6) is 0.414. The summed E-state index contributed by atoms with van der Waals surface area (Å²) in [6.07, 6.45) is 2.94.